The molecular formula is C22H27N5O2. The van der Waals surface area contributed by atoms with Crippen LogP contribution in [-0.2, 0) is 24.2 Å². The lowest BCUT2D eigenvalue weighted by molar-refractivity contribution is 0.0527. The second kappa shape index (κ2) is 8.19. The molecule has 152 valence electrons. The minimum absolute atomic E-state index is 0.320. The summed E-state index contributed by atoms with van der Waals surface area (Å²) in [6.45, 7) is 7.68. The van der Waals surface area contributed by atoms with Crippen molar-refractivity contribution in [2.24, 2.45) is 0 Å². The Morgan fingerprint density at radius 1 is 1.21 bits per heavy atom. The summed E-state index contributed by atoms with van der Waals surface area (Å²) in [4.78, 5) is 17.1. The van der Waals surface area contributed by atoms with Crippen molar-refractivity contribution in [2.45, 2.75) is 59.5 Å². The molecule has 0 spiro atoms. The lowest BCUT2D eigenvalue weighted by Crippen LogP contribution is -2.14. The van der Waals surface area contributed by atoms with E-state index >= 15 is 0 Å². The summed E-state index contributed by atoms with van der Waals surface area (Å²) in [6, 6.07) is 4.07. The van der Waals surface area contributed by atoms with Gasteiger partial charge in [-0.25, -0.2) is 4.79 Å². The highest BCUT2D eigenvalue weighted by Crippen LogP contribution is 2.30. The molecule has 7 heteroatoms. The summed E-state index contributed by atoms with van der Waals surface area (Å²) in [7, 11) is 0. The predicted octanol–water partition coefficient (Wildman–Crippen LogP) is 3.96. The standard InChI is InChI=1S/C22H27N5O2/c1-4-29-22(28)17-12-23-20-15(3)14(2)9-10-16(20)21(17)24-13-19-26-25-18-8-6-5-7-11-27(18)19/h9-10,12H,4-8,11,13H2,1-3H3,(H,23,24). The van der Waals surface area contributed by atoms with Gasteiger partial charge in [0, 0.05) is 24.5 Å². The summed E-state index contributed by atoms with van der Waals surface area (Å²) in [5.41, 5.74) is 4.35. The highest BCUT2D eigenvalue weighted by atomic mass is 16.5. The smallest absolute Gasteiger partial charge is 0.341 e. The molecule has 2 aromatic heterocycles. The van der Waals surface area contributed by atoms with Crippen LogP contribution in [-0.4, -0.2) is 32.3 Å². The van der Waals surface area contributed by atoms with Gasteiger partial charge in [0.2, 0.25) is 0 Å². The molecule has 1 N–H and O–H groups in total. The lowest BCUT2D eigenvalue weighted by atomic mass is 10.0. The van der Waals surface area contributed by atoms with Crippen molar-refractivity contribution in [3.05, 3.63) is 46.7 Å². The van der Waals surface area contributed by atoms with Gasteiger partial charge in [0.05, 0.1) is 24.4 Å². The molecule has 1 aromatic carbocycles. The van der Waals surface area contributed by atoms with Crippen molar-refractivity contribution in [1.82, 2.24) is 19.7 Å². The molecule has 0 fully saturated rings. The van der Waals surface area contributed by atoms with Gasteiger partial charge in [-0.05, 0) is 44.7 Å². The first-order valence-corrected chi connectivity index (χ1v) is 10.3. The quantitative estimate of drug-likeness (QED) is 0.661. The summed E-state index contributed by atoms with van der Waals surface area (Å²) >= 11 is 0. The van der Waals surface area contributed by atoms with E-state index in [0.29, 0.717) is 18.7 Å². The number of carbonyl (C=O) groups is 1. The number of fused-ring (bicyclic) bond motifs is 2. The summed E-state index contributed by atoms with van der Waals surface area (Å²) < 4.78 is 7.47. The third-order valence-corrected chi connectivity index (χ3v) is 5.67. The first-order chi connectivity index (χ1) is 14.1. The number of aromatic nitrogens is 4. The van der Waals surface area contributed by atoms with Crippen molar-refractivity contribution in [3.63, 3.8) is 0 Å². The Bertz CT molecular complexity index is 1060. The topological polar surface area (TPSA) is 81.9 Å². The van der Waals surface area contributed by atoms with E-state index in [1.807, 2.05) is 6.07 Å². The van der Waals surface area contributed by atoms with Gasteiger partial charge in [-0.2, -0.15) is 0 Å². The van der Waals surface area contributed by atoms with Crippen LogP contribution in [0.25, 0.3) is 10.9 Å². The van der Waals surface area contributed by atoms with Crippen LogP contribution < -0.4 is 5.32 Å². The summed E-state index contributed by atoms with van der Waals surface area (Å²) in [6.07, 6.45) is 6.10. The monoisotopic (exact) mass is 393 g/mol. The molecule has 4 rings (SSSR count). The van der Waals surface area contributed by atoms with Crippen LogP contribution in [0.5, 0.6) is 0 Å². The normalized spacial score (nSPS) is 13.8. The number of hydrogen-bond acceptors (Lipinski definition) is 6. The zero-order valence-corrected chi connectivity index (χ0v) is 17.3. The van der Waals surface area contributed by atoms with Crippen LogP contribution in [0.4, 0.5) is 5.69 Å². The Hall–Kier alpha value is -2.96. The molecule has 0 radical (unpaired) electrons. The third kappa shape index (κ3) is 3.69. The maximum absolute atomic E-state index is 12.6. The first kappa shape index (κ1) is 19.4. The van der Waals surface area contributed by atoms with Crippen LogP contribution in [0.15, 0.2) is 18.3 Å². The Morgan fingerprint density at radius 2 is 2.07 bits per heavy atom. The van der Waals surface area contributed by atoms with Crippen LogP contribution in [0.3, 0.4) is 0 Å². The van der Waals surface area contributed by atoms with Gasteiger partial charge in [-0.15, -0.1) is 10.2 Å². The van der Waals surface area contributed by atoms with E-state index in [2.05, 4.69) is 45.0 Å². The molecule has 0 atom stereocenters. The minimum atomic E-state index is -0.372. The van der Waals surface area contributed by atoms with E-state index in [9.17, 15) is 4.79 Å². The maximum Gasteiger partial charge on any atom is 0.341 e. The van der Waals surface area contributed by atoms with Gasteiger partial charge in [-0.3, -0.25) is 4.98 Å². The molecule has 0 aliphatic carbocycles. The van der Waals surface area contributed by atoms with Gasteiger partial charge in [0.15, 0.2) is 5.82 Å². The molecule has 7 nitrogen and oxygen atoms in total. The fourth-order valence-electron chi connectivity index (χ4n) is 3.91. The SMILES string of the molecule is CCOC(=O)c1cnc2c(C)c(C)ccc2c1NCc1nnc2n1CCCCC2. The van der Waals surface area contributed by atoms with Crippen molar-refractivity contribution in [1.29, 1.82) is 0 Å². The van der Waals surface area contributed by atoms with E-state index < -0.39 is 0 Å². The number of anilines is 1. The van der Waals surface area contributed by atoms with Crippen LogP contribution in [0.2, 0.25) is 0 Å². The Kier molecular flexibility index (Phi) is 5.47. The van der Waals surface area contributed by atoms with Crippen LogP contribution >= 0.6 is 0 Å². The zero-order chi connectivity index (χ0) is 20.4. The molecule has 1 aliphatic rings. The molecule has 0 saturated heterocycles. The molecule has 3 heterocycles. The van der Waals surface area contributed by atoms with Gasteiger partial charge in [0.1, 0.15) is 11.4 Å². The first-order valence-electron chi connectivity index (χ1n) is 10.3. The minimum Gasteiger partial charge on any atom is -0.462 e. The van der Waals surface area contributed by atoms with Gasteiger partial charge < -0.3 is 14.6 Å². The molecule has 1 aliphatic heterocycles. The second-order valence-electron chi connectivity index (χ2n) is 7.52. The Labute approximate surface area is 170 Å². The summed E-state index contributed by atoms with van der Waals surface area (Å²) in [5.74, 6) is 1.57. The Balaban J connectivity index is 1.73. The van der Waals surface area contributed by atoms with Gasteiger partial charge >= 0.3 is 5.97 Å². The molecular weight excluding hydrogens is 366 g/mol. The van der Waals surface area contributed by atoms with E-state index in [1.165, 1.54) is 12.0 Å². The van der Waals surface area contributed by atoms with E-state index in [0.717, 1.165) is 59.6 Å². The highest BCUT2D eigenvalue weighted by molar-refractivity contribution is 6.05. The molecule has 0 bridgehead atoms. The maximum atomic E-state index is 12.6. The molecule has 0 amide bonds. The number of ether oxygens (including phenoxy) is 1. The number of rotatable bonds is 5. The van der Waals surface area contributed by atoms with Crippen molar-refractivity contribution >= 4 is 22.6 Å². The molecule has 29 heavy (non-hydrogen) atoms. The van der Waals surface area contributed by atoms with Crippen LogP contribution in [0, 0.1) is 13.8 Å². The van der Waals surface area contributed by atoms with Crippen molar-refractivity contribution in [3.8, 4) is 0 Å². The van der Waals surface area contributed by atoms with Gasteiger partial charge in [0.25, 0.3) is 0 Å². The lowest BCUT2D eigenvalue weighted by Gasteiger charge is -2.16. The molecule has 0 saturated carbocycles. The zero-order valence-electron chi connectivity index (χ0n) is 17.3. The average Bonchev–Trinajstić information content (AvgIpc) is 2.94. The molecule has 0 unspecified atom stereocenters. The van der Waals surface area contributed by atoms with Crippen LogP contribution in [0.1, 0.15) is 59.3 Å². The fraction of sp³-hybridized carbons (Fsp3) is 0.455. The number of aryl methyl sites for hydroxylation is 3. The number of benzene rings is 1. The average molecular weight is 393 g/mol. The number of pyridine rings is 1. The Morgan fingerprint density at radius 3 is 2.90 bits per heavy atom. The van der Waals surface area contributed by atoms with E-state index in [4.69, 9.17) is 4.74 Å². The van der Waals surface area contributed by atoms with E-state index in [-0.39, 0.29) is 5.97 Å². The summed E-state index contributed by atoms with van der Waals surface area (Å²) in [5, 5.41) is 13.1. The second-order valence-corrected chi connectivity index (χ2v) is 7.52. The van der Waals surface area contributed by atoms with E-state index in [1.54, 1.807) is 13.1 Å². The number of esters is 1. The van der Waals surface area contributed by atoms with Gasteiger partial charge in [-0.1, -0.05) is 18.6 Å². The predicted molar refractivity (Wildman–Crippen MR) is 112 cm³/mol. The van der Waals surface area contributed by atoms with Crippen molar-refractivity contribution in [2.75, 3.05) is 11.9 Å². The number of hydrogen-bond donors (Lipinski definition) is 1. The fourth-order valence-corrected chi connectivity index (χ4v) is 3.91. The number of carbonyl (C=O) groups excluding carboxylic acids is 1. The molecule has 3 aromatic rings. The third-order valence-electron chi connectivity index (χ3n) is 5.67. The number of nitrogens with one attached hydrogen (secondary N) is 1. The highest BCUT2D eigenvalue weighted by Gasteiger charge is 2.20. The number of nitrogens with zero attached hydrogens (tertiary/aromatic N) is 4. The van der Waals surface area contributed by atoms with Crippen molar-refractivity contribution < 1.29 is 9.53 Å². The largest absolute Gasteiger partial charge is 0.462 e.